The molecule has 0 aliphatic carbocycles. The highest BCUT2D eigenvalue weighted by atomic mass is 32.2. The molecule has 0 saturated carbocycles. The zero-order valence-electron chi connectivity index (χ0n) is 16.7. The van der Waals surface area contributed by atoms with Crippen LogP contribution in [0.1, 0.15) is 6.42 Å². The smallest absolute Gasteiger partial charge is 0.237 e. The Kier molecular flexibility index (Phi) is 6.73. The predicted molar refractivity (Wildman–Crippen MR) is 123 cm³/mol. The van der Waals surface area contributed by atoms with Crippen molar-refractivity contribution in [2.45, 2.75) is 11.4 Å². The molecular weight excluding hydrogens is 450 g/mol. The van der Waals surface area contributed by atoms with Crippen molar-refractivity contribution >= 4 is 44.9 Å². The van der Waals surface area contributed by atoms with E-state index in [1.807, 2.05) is 11.4 Å². The fourth-order valence-electron chi connectivity index (χ4n) is 3.22. The van der Waals surface area contributed by atoms with Gasteiger partial charge in [-0.05, 0) is 29.8 Å². The molecule has 0 saturated heterocycles. The predicted octanol–water partition coefficient (Wildman–Crippen LogP) is 5.68. The maximum atomic E-state index is 14.3. The summed E-state index contributed by atoms with van der Waals surface area (Å²) in [6.07, 6.45) is 1.52. The summed E-state index contributed by atoms with van der Waals surface area (Å²) < 4.78 is 27.6. The summed E-state index contributed by atoms with van der Waals surface area (Å²) in [6.45, 7) is 0.0926. The quantitative estimate of drug-likeness (QED) is 0.259. The van der Waals surface area contributed by atoms with Crippen LogP contribution in [0.2, 0.25) is 0 Å². The summed E-state index contributed by atoms with van der Waals surface area (Å²) in [5.41, 5.74) is 1.82. The number of para-hydroxylation sites is 1. The van der Waals surface area contributed by atoms with Gasteiger partial charge in [-0.1, -0.05) is 36.0 Å². The Labute approximate surface area is 191 Å². The lowest BCUT2D eigenvalue weighted by atomic mass is 10.1. The van der Waals surface area contributed by atoms with E-state index in [1.165, 1.54) is 58.6 Å². The molecule has 2 heterocycles. The van der Waals surface area contributed by atoms with E-state index in [-0.39, 0.29) is 36.1 Å². The zero-order valence-corrected chi connectivity index (χ0v) is 18.3. The Balaban J connectivity index is 1.61. The van der Waals surface area contributed by atoms with E-state index in [1.54, 1.807) is 24.3 Å². The van der Waals surface area contributed by atoms with Crippen molar-refractivity contribution in [2.75, 3.05) is 17.2 Å². The van der Waals surface area contributed by atoms with Gasteiger partial charge in [0.1, 0.15) is 27.8 Å². The van der Waals surface area contributed by atoms with Gasteiger partial charge in [0.25, 0.3) is 0 Å². The van der Waals surface area contributed by atoms with E-state index in [0.717, 1.165) is 21.3 Å². The standard InChI is InChI=1S/C23H16F2N4OS2/c24-16-8-6-15(7-9-16)17-12-31-22-21(17)23(28-14-27-22)32-13-20(30)29(11-3-10-26)19-5-2-1-4-18(19)25/h1-2,4-9,12,14H,3,11,13H2. The van der Waals surface area contributed by atoms with Crippen molar-refractivity contribution in [3.63, 3.8) is 0 Å². The number of aromatic nitrogens is 2. The molecular formula is C23H16F2N4OS2. The van der Waals surface area contributed by atoms with Crippen molar-refractivity contribution in [3.05, 3.63) is 71.9 Å². The topological polar surface area (TPSA) is 69.9 Å². The van der Waals surface area contributed by atoms with Gasteiger partial charge < -0.3 is 4.90 Å². The van der Waals surface area contributed by atoms with Crippen molar-refractivity contribution in [1.29, 1.82) is 5.26 Å². The lowest BCUT2D eigenvalue weighted by Gasteiger charge is -2.22. The average molecular weight is 467 g/mol. The number of nitrogens with zero attached hydrogens (tertiary/aromatic N) is 4. The third kappa shape index (κ3) is 4.61. The summed E-state index contributed by atoms with van der Waals surface area (Å²) >= 11 is 2.66. The number of benzene rings is 2. The molecule has 0 fully saturated rings. The van der Waals surface area contributed by atoms with Gasteiger partial charge >= 0.3 is 0 Å². The minimum Gasteiger partial charge on any atom is -0.308 e. The minimum absolute atomic E-state index is 0.00454. The molecule has 4 aromatic rings. The summed E-state index contributed by atoms with van der Waals surface area (Å²) in [6, 6.07) is 14.1. The molecule has 0 aliphatic heterocycles. The number of anilines is 1. The minimum atomic E-state index is -0.523. The van der Waals surface area contributed by atoms with Gasteiger partial charge in [0.05, 0.1) is 29.3 Å². The molecule has 0 bridgehead atoms. The van der Waals surface area contributed by atoms with Gasteiger partial charge in [0.15, 0.2) is 0 Å². The lowest BCUT2D eigenvalue weighted by Crippen LogP contribution is -2.34. The summed E-state index contributed by atoms with van der Waals surface area (Å²) in [7, 11) is 0. The van der Waals surface area contributed by atoms with Crippen LogP contribution in [-0.2, 0) is 4.79 Å². The number of thiophene rings is 1. The van der Waals surface area contributed by atoms with Crippen LogP contribution >= 0.6 is 23.1 Å². The lowest BCUT2D eigenvalue weighted by molar-refractivity contribution is -0.116. The maximum absolute atomic E-state index is 14.3. The van der Waals surface area contributed by atoms with E-state index in [2.05, 4.69) is 9.97 Å². The molecule has 0 spiro atoms. The van der Waals surface area contributed by atoms with E-state index in [0.29, 0.717) is 5.03 Å². The molecule has 0 unspecified atom stereocenters. The maximum Gasteiger partial charge on any atom is 0.237 e. The number of hydrogen-bond acceptors (Lipinski definition) is 6. The Morgan fingerprint density at radius 3 is 2.66 bits per heavy atom. The number of nitriles is 1. The first kappa shape index (κ1) is 21.9. The molecule has 0 N–H and O–H groups in total. The molecule has 160 valence electrons. The average Bonchev–Trinajstić information content (AvgIpc) is 3.24. The van der Waals surface area contributed by atoms with Crippen molar-refractivity contribution in [1.82, 2.24) is 9.97 Å². The number of halogens is 2. The molecule has 2 aromatic carbocycles. The molecule has 0 atom stereocenters. The molecule has 0 aliphatic rings. The van der Waals surface area contributed by atoms with E-state index >= 15 is 0 Å². The monoisotopic (exact) mass is 466 g/mol. The Hall–Kier alpha value is -3.35. The highest BCUT2D eigenvalue weighted by Gasteiger charge is 2.21. The van der Waals surface area contributed by atoms with Gasteiger partial charge in [-0.2, -0.15) is 5.26 Å². The van der Waals surface area contributed by atoms with Crippen LogP contribution in [-0.4, -0.2) is 28.2 Å². The molecule has 32 heavy (non-hydrogen) atoms. The fraction of sp³-hybridized carbons (Fsp3) is 0.130. The van der Waals surface area contributed by atoms with Gasteiger partial charge in [-0.15, -0.1) is 11.3 Å². The highest BCUT2D eigenvalue weighted by molar-refractivity contribution is 8.00. The van der Waals surface area contributed by atoms with Crippen LogP contribution in [0.4, 0.5) is 14.5 Å². The summed E-state index contributed by atoms with van der Waals surface area (Å²) in [4.78, 5) is 23.7. The van der Waals surface area contributed by atoms with Gasteiger partial charge in [0, 0.05) is 17.5 Å². The Morgan fingerprint density at radius 2 is 1.91 bits per heavy atom. The third-order valence-electron chi connectivity index (χ3n) is 4.71. The van der Waals surface area contributed by atoms with E-state index in [4.69, 9.17) is 5.26 Å². The van der Waals surface area contributed by atoms with Gasteiger partial charge in [-0.3, -0.25) is 4.79 Å². The molecule has 5 nitrogen and oxygen atoms in total. The Morgan fingerprint density at radius 1 is 1.12 bits per heavy atom. The van der Waals surface area contributed by atoms with Crippen LogP contribution in [0.15, 0.2) is 65.3 Å². The Bertz CT molecular complexity index is 1300. The number of hydrogen-bond donors (Lipinski definition) is 0. The summed E-state index contributed by atoms with van der Waals surface area (Å²) in [5, 5.41) is 12.3. The number of amides is 1. The molecule has 0 radical (unpaired) electrons. The highest BCUT2D eigenvalue weighted by Crippen LogP contribution is 2.38. The van der Waals surface area contributed by atoms with Crippen LogP contribution < -0.4 is 4.90 Å². The SMILES string of the molecule is N#CCCN(C(=O)CSc1ncnc2scc(-c3ccc(F)cc3)c12)c1ccccc1F. The fourth-order valence-corrected chi connectivity index (χ4v) is 5.09. The molecule has 2 aromatic heterocycles. The second kappa shape index (κ2) is 9.85. The molecule has 4 rings (SSSR count). The first-order valence-electron chi connectivity index (χ1n) is 9.61. The largest absolute Gasteiger partial charge is 0.308 e. The van der Waals surface area contributed by atoms with E-state index in [9.17, 15) is 13.6 Å². The van der Waals surface area contributed by atoms with Crippen LogP contribution in [0.3, 0.4) is 0 Å². The van der Waals surface area contributed by atoms with Crippen molar-refractivity contribution in [3.8, 4) is 17.2 Å². The van der Waals surface area contributed by atoms with Crippen molar-refractivity contribution in [2.24, 2.45) is 0 Å². The first-order valence-corrected chi connectivity index (χ1v) is 11.5. The van der Waals surface area contributed by atoms with Crippen molar-refractivity contribution < 1.29 is 13.6 Å². The number of carbonyl (C=O) groups excluding carboxylic acids is 1. The van der Waals surface area contributed by atoms with Gasteiger partial charge in [-0.25, -0.2) is 18.7 Å². The number of thioether (sulfide) groups is 1. The van der Waals surface area contributed by atoms with Crippen LogP contribution in [0, 0.1) is 23.0 Å². The zero-order chi connectivity index (χ0) is 22.5. The van der Waals surface area contributed by atoms with Gasteiger partial charge in [0.2, 0.25) is 5.91 Å². The third-order valence-corrected chi connectivity index (χ3v) is 6.58. The second-order valence-electron chi connectivity index (χ2n) is 6.71. The second-order valence-corrected chi connectivity index (χ2v) is 8.53. The van der Waals surface area contributed by atoms with E-state index < -0.39 is 5.82 Å². The summed E-state index contributed by atoms with van der Waals surface area (Å²) in [5.74, 6) is -1.18. The normalized spacial score (nSPS) is 10.8. The number of fused-ring (bicyclic) bond motifs is 1. The number of carbonyl (C=O) groups is 1. The van der Waals surface area contributed by atoms with Crippen LogP contribution in [0.5, 0.6) is 0 Å². The number of rotatable bonds is 7. The van der Waals surface area contributed by atoms with Crippen LogP contribution in [0.25, 0.3) is 21.3 Å². The molecule has 9 heteroatoms. The molecule has 1 amide bonds. The first-order chi connectivity index (χ1) is 15.6.